The molecule has 0 aromatic heterocycles. The summed E-state index contributed by atoms with van der Waals surface area (Å²) < 4.78 is 49.3. The van der Waals surface area contributed by atoms with Crippen LogP contribution in [0.15, 0.2) is 12.1 Å². The van der Waals surface area contributed by atoms with Crippen LogP contribution in [0.2, 0.25) is 0 Å². The highest BCUT2D eigenvalue weighted by atomic mass is 32.2. The van der Waals surface area contributed by atoms with Gasteiger partial charge in [-0.15, -0.1) is 0 Å². The first-order chi connectivity index (χ1) is 13.9. The van der Waals surface area contributed by atoms with Gasteiger partial charge in [0.25, 0.3) is 0 Å². The predicted molar refractivity (Wildman–Crippen MR) is 106 cm³/mol. The van der Waals surface area contributed by atoms with Crippen molar-refractivity contribution >= 4 is 10.0 Å². The maximum absolute atomic E-state index is 11.6. The van der Waals surface area contributed by atoms with Crippen LogP contribution in [0.1, 0.15) is 18.4 Å². The van der Waals surface area contributed by atoms with Crippen LogP contribution >= 0.6 is 0 Å². The van der Waals surface area contributed by atoms with Gasteiger partial charge in [-0.05, 0) is 18.9 Å². The van der Waals surface area contributed by atoms with Gasteiger partial charge in [-0.3, -0.25) is 4.90 Å². The van der Waals surface area contributed by atoms with Gasteiger partial charge in [0.05, 0.1) is 25.1 Å². The fraction of sp³-hybridized carbons (Fsp3) is 0.700. The lowest BCUT2D eigenvalue weighted by Crippen LogP contribution is -2.41. The van der Waals surface area contributed by atoms with E-state index < -0.39 is 10.0 Å². The molecule has 9 heteroatoms. The molecule has 5 rings (SSSR count). The zero-order valence-corrected chi connectivity index (χ0v) is 17.7. The fourth-order valence-corrected chi connectivity index (χ4v) is 6.09. The number of sulfonamides is 1. The van der Waals surface area contributed by atoms with E-state index in [1.807, 2.05) is 12.1 Å². The molecule has 29 heavy (non-hydrogen) atoms. The van der Waals surface area contributed by atoms with Gasteiger partial charge in [-0.1, -0.05) is 0 Å². The molecule has 8 nitrogen and oxygen atoms in total. The van der Waals surface area contributed by atoms with Crippen molar-refractivity contribution in [3.63, 3.8) is 0 Å². The number of hydrogen-bond donors (Lipinski definition) is 1. The Hall–Kier alpha value is -1.55. The Morgan fingerprint density at radius 2 is 2.03 bits per heavy atom. The molecule has 1 N–H and O–H groups in total. The average molecular weight is 425 g/mol. The Balaban J connectivity index is 1.33. The first-order valence-corrected chi connectivity index (χ1v) is 12.1. The van der Waals surface area contributed by atoms with Crippen molar-refractivity contribution in [2.75, 3.05) is 46.2 Å². The Morgan fingerprint density at radius 3 is 2.76 bits per heavy atom. The minimum atomic E-state index is -3.20. The Labute approximate surface area is 171 Å². The lowest BCUT2D eigenvalue weighted by atomic mass is 9.74. The Kier molecular flexibility index (Phi) is 4.69. The summed E-state index contributed by atoms with van der Waals surface area (Å²) in [7, 11) is -1.53. The van der Waals surface area contributed by atoms with Crippen molar-refractivity contribution in [2.24, 2.45) is 11.8 Å². The van der Waals surface area contributed by atoms with E-state index in [4.69, 9.17) is 18.9 Å². The second kappa shape index (κ2) is 7.01. The zero-order valence-electron chi connectivity index (χ0n) is 16.8. The lowest BCUT2D eigenvalue weighted by Gasteiger charge is -2.29. The summed E-state index contributed by atoms with van der Waals surface area (Å²) in [5.74, 6) is 2.85. The number of nitrogens with zero attached hydrogens (tertiary/aromatic N) is 1. The number of ether oxygens (including phenoxy) is 4. The molecule has 0 saturated carbocycles. The SMILES string of the molecule is COc1cc2c(cc1CN1C[C@@H]3[C@H](CNS(C)(=O)=O)[C@H]4CC[C@]3(C1)O4)OCCO2. The van der Waals surface area contributed by atoms with E-state index in [2.05, 4.69) is 9.62 Å². The molecule has 0 aliphatic carbocycles. The highest BCUT2D eigenvalue weighted by Gasteiger charge is 2.62. The summed E-state index contributed by atoms with van der Waals surface area (Å²) in [5, 5.41) is 0. The number of methoxy groups -OCH3 is 1. The molecule has 1 spiro atoms. The van der Waals surface area contributed by atoms with E-state index in [0.717, 1.165) is 55.3 Å². The summed E-state index contributed by atoms with van der Waals surface area (Å²) in [6, 6.07) is 3.92. The highest BCUT2D eigenvalue weighted by molar-refractivity contribution is 7.88. The van der Waals surface area contributed by atoms with E-state index in [1.165, 1.54) is 6.26 Å². The van der Waals surface area contributed by atoms with Crippen molar-refractivity contribution in [3.8, 4) is 17.2 Å². The van der Waals surface area contributed by atoms with E-state index in [-0.39, 0.29) is 17.6 Å². The van der Waals surface area contributed by atoms with Gasteiger partial charge < -0.3 is 18.9 Å². The number of rotatable bonds is 6. The molecule has 160 valence electrons. The molecule has 1 aromatic carbocycles. The minimum absolute atomic E-state index is 0.143. The summed E-state index contributed by atoms with van der Waals surface area (Å²) in [5.41, 5.74) is 0.920. The normalized spacial score (nSPS) is 33.1. The smallest absolute Gasteiger partial charge is 0.208 e. The quantitative estimate of drug-likeness (QED) is 0.729. The van der Waals surface area contributed by atoms with E-state index >= 15 is 0 Å². The summed E-state index contributed by atoms with van der Waals surface area (Å²) >= 11 is 0. The zero-order chi connectivity index (χ0) is 20.2. The first-order valence-electron chi connectivity index (χ1n) is 10.2. The van der Waals surface area contributed by atoms with E-state index in [0.29, 0.717) is 25.7 Å². The van der Waals surface area contributed by atoms with Gasteiger partial charge in [0.2, 0.25) is 10.0 Å². The van der Waals surface area contributed by atoms with Gasteiger partial charge in [0, 0.05) is 49.6 Å². The topological polar surface area (TPSA) is 86.3 Å². The Bertz CT molecular complexity index is 906. The van der Waals surface area contributed by atoms with Crippen molar-refractivity contribution in [3.05, 3.63) is 17.7 Å². The van der Waals surface area contributed by atoms with Crippen molar-refractivity contribution < 1.29 is 27.4 Å². The highest BCUT2D eigenvalue weighted by Crippen LogP contribution is 2.55. The van der Waals surface area contributed by atoms with Gasteiger partial charge in [0.1, 0.15) is 19.0 Å². The molecule has 4 heterocycles. The van der Waals surface area contributed by atoms with Crippen LogP contribution in [-0.4, -0.2) is 71.2 Å². The fourth-order valence-electron chi connectivity index (χ4n) is 5.59. The number of benzene rings is 1. The van der Waals surface area contributed by atoms with Crippen LogP contribution in [0.3, 0.4) is 0 Å². The second-order valence-electron chi connectivity index (χ2n) is 8.63. The van der Waals surface area contributed by atoms with Crippen LogP contribution in [-0.2, 0) is 21.3 Å². The molecule has 1 aromatic rings. The third-order valence-corrected chi connectivity index (χ3v) is 7.47. The van der Waals surface area contributed by atoms with Gasteiger partial charge >= 0.3 is 0 Å². The predicted octanol–water partition coefficient (Wildman–Crippen LogP) is 0.995. The average Bonchev–Trinajstić information content (AvgIpc) is 3.33. The third kappa shape index (κ3) is 3.48. The molecule has 2 bridgehead atoms. The number of hydrogen-bond acceptors (Lipinski definition) is 7. The maximum atomic E-state index is 11.6. The van der Waals surface area contributed by atoms with Gasteiger partial charge in [0.15, 0.2) is 11.5 Å². The molecule has 4 atom stereocenters. The molecule has 0 amide bonds. The first kappa shape index (κ1) is 19.4. The van der Waals surface area contributed by atoms with Crippen molar-refractivity contribution in [1.82, 2.24) is 9.62 Å². The van der Waals surface area contributed by atoms with Crippen LogP contribution in [0.5, 0.6) is 17.2 Å². The number of fused-ring (bicyclic) bond motifs is 2. The summed E-state index contributed by atoms with van der Waals surface area (Å²) in [6.45, 7) is 4.05. The largest absolute Gasteiger partial charge is 0.496 e. The molecule has 0 unspecified atom stereocenters. The van der Waals surface area contributed by atoms with Crippen molar-refractivity contribution in [2.45, 2.75) is 31.1 Å². The lowest BCUT2D eigenvalue weighted by molar-refractivity contribution is 0.00214. The maximum Gasteiger partial charge on any atom is 0.208 e. The van der Waals surface area contributed by atoms with Crippen molar-refractivity contribution in [1.29, 1.82) is 0 Å². The summed E-state index contributed by atoms with van der Waals surface area (Å²) in [6.07, 6.45) is 3.44. The Morgan fingerprint density at radius 1 is 1.28 bits per heavy atom. The second-order valence-corrected chi connectivity index (χ2v) is 10.5. The molecule has 4 aliphatic rings. The number of likely N-dealkylation sites (tertiary alicyclic amines) is 1. The molecular formula is C20H28N2O6S. The van der Waals surface area contributed by atoms with Crippen LogP contribution in [0.25, 0.3) is 0 Å². The van der Waals surface area contributed by atoms with Crippen LogP contribution in [0.4, 0.5) is 0 Å². The molecule has 3 fully saturated rings. The third-order valence-electron chi connectivity index (χ3n) is 6.77. The molecular weight excluding hydrogens is 396 g/mol. The summed E-state index contributed by atoms with van der Waals surface area (Å²) in [4.78, 5) is 2.40. The van der Waals surface area contributed by atoms with Gasteiger partial charge in [-0.25, -0.2) is 13.1 Å². The molecule has 3 saturated heterocycles. The monoisotopic (exact) mass is 424 g/mol. The molecule has 0 radical (unpaired) electrons. The van der Waals surface area contributed by atoms with Crippen LogP contribution < -0.4 is 18.9 Å². The molecule has 4 aliphatic heterocycles. The van der Waals surface area contributed by atoms with Gasteiger partial charge in [-0.2, -0.15) is 0 Å². The minimum Gasteiger partial charge on any atom is -0.496 e. The number of nitrogens with one attached hydrogen (secondary N) is 1. The standard InChI is InChI=1S/C20H28N2O6S/c1-25-17-8-19-18(26-5-6-27-19)7-13(17)10-22-11-15-14(9-21-29(2,23)24)16-3-4-20(15,12-22)28-16/h7-8,14-16,21H,3-6,9-12H2,1-2H3/t14-,15+,16+,20+/m0/s1. The van der Waals surface area contributed by atoms with E-state index in [9.17, 15) is 8.42 Å². The van der Waals surface area contributed by atoms with E-state index in [1.54, 1.807) is 7.11 Å². The van der Waals surface area contributed by atoms with Crippen LogP contribution in [0, 0.1) is 11.8 Å².